The Morgan fingerprint density at radius 3 is 2.60 bits per heavy atom. The van der Waals surface area contributed by atoms with Gasteiger partial charge in [0.1, 0.15) is 0 Å². The van der Waals surface area contributed by atoms with Gasteiger partial charge in [-0.3, -0.25) is 15.0 Å². The SMILES string of the molecule is CN1CCN(NC(=O)C(=O)Nc2cccnc2Cl)CC1. The summed E-state index contributed by atoms with van der Waals surface area (Å²) in [5.41, 5.74) is 2.88. The highest BCUT2D eigenvalue weighted by Gasteiger charge is 2.20. The summed E-state index contributed by atoms with van der Waals surface area (Å²) < 4.78 is 0. The average molecular weight is 298 g/mol. The molecule has 108 valence electrons. The highest BCUT2D eigenvalue weighted by Crippen LogP contribution is 2.16. The molecule has 1 aliphatic heterocycles. The third-order valence-corrected chi connectivity index (χ3v) is 3.28. The Hall–Kier alpha value is -1.70. The molecule has 1 aromatic heterocycles. The van der Waals surface area contributed by atoms with Gasteiger partial charge in [0.05, 0.1) is 5.69 Å². The van der Waals surface area contributed by atoms with E-state index in [1.54, 1.807) is 17.1 Å². The van der Waals surface area contributed by atoms with Gasteiger partial charge < -0.3 is 10.2 Å². The van der Waals surface area contributed by atoms with Crippen molar-refractivity contribution in [3.63, 3.8) is 0 Å². The van der Waals surface area contributed by atoms with Crippen LogP contribution < -0.4 is 10.7 Å². The first kappa shape index (κ1) is 14.7. The van der Waals surface area contributed by atoms with Gasteiger partial charge in [-0.15, -0.1) is 0 Å². The Balaban J connectivity index is 1.86. The van der Waals surface area contributed by atoms with E-state index in [4.69, 9.17) is 11.6 Å². The summed E-state index contributed by atoms with van der Waals surface area (Å²) in [5.74, 6) is -1.48. The van der Waals surface area contributed by atoms with Crippen LogP contribution >= 0.6 is 11.6 Å². The molecule has 20 heavy (non-hydrogen) atoms. The standard InChI is InChI=1S/C12H16ClN5O2/c1-17-5-7-18(8-6-17)16-12(20)11(19)15-9-3-2-4-14-10(9)13/h2-4H,5-8H2,1H3,(H,15,19)(H,16,20). The van der Waals surface area contributed by atoms with Crippen LogP contribution in [0.2, 0.25) is 5.15 Å². The average Bonchev–Trinajstić information content (AvgIpc) is 2.44. The van der Waals surface area contributed by atoms with Gasteiger partial charge >= 0.3 is 11.8 Å². The third kappa shape index (κ3) is 3.89. The Kier molecular flexibility index (Phi) is 4.89. The molecule has 2 N–H and O–H groups in total. The van der Waals surface area contributed by atoms with E-state index in [-0.39, 0.29) is 5.15 Å². The molecule has 1 fully saturated rings. The number of anilines is 1. The van der Waals surface area contributed by atoms with Crippen molar-refractivity contribution < 1.29 is 9.59 Å². The Morgan fingerprint density at radius 2 is 1.95 bits per heavy atom. The van der Waals surface area contributed by atoms with Crippen molar-refractivity contribution in [1.82, 2.24) is 20.3 Å². The van der Waals surface area contributed by atoms with Crippen LogP contribution in [0.5, 0.6) is 0 Å². The molecule has 0 saturated carbocycles. The van der Waals surface area contributed by atoms with E-state index in [1.165, 1.54) is 6.20 Å². The summed E-state index contributed by atoms with van der Waals surface area (Å²) in [6, 6.07) is 3.20. The second-order valence-electron chi connectivity index (χ2n) is 4.53. The number of amides is 2. The zero-order valence-electron chi connectivity index (χ0n) is 11.1. The predicted molar refractivity (Wildman–Crippen MR) is 75.1 cm³/mol. The molecule has 0 atom stereocenters. The monoisotopic (exact) mass is 297 g/mol. The summed E-state index contributed by atoms with van der Waals surface area (Å²) in [4.78, 5) is 29.5. The van der Waals surface area contributed by atoms with Crippen LogP contribution in [0, 0.1) is 0 Å². The largest absolute Gasteiger partial charge is 0.323 e. The van der Waals surface area contributed by atoms with E-state index in [0.29, 0.717) is 18.8 Å². The maximum atomic E-state index is 11.8. The van der Waals surface area contributed by atoms with Crippen molar-refractivity contribution in [3.05, 3.63) is 23.5 Å². The molecule has 8 heteroatoms. The van der Waals surface area contributed by atoms with Crippen LogP contribution in [0.4, 0.5) is 5.69 Å². The zero-order chi connectivity index (χ0) is 14.5. The predicted octanol–water partition coefficient (Wildman–Crippen LogP) is -0.0479. The van der Waals surface area contributed by atoms with Crippen LogP contribution in [0.25, 0.3) is 0 Å². The van der Waals surface area contributed by atoms with E-state index in [9.17, 15) is 9.59 Å². The Morgan fingerprint density at radius 1 is 1.25 bits per heavy atom. The fraction of sp³-hybridized carbons (Fsp3) is 0.417. The summed E-state index contributed by atoms with van der Waals surface area (Å²) >= 11 is 5.81. The van der Waals surface area contributed by atoms with Gasteiger partial charge in [-0.05, 0) is 19.2 Å². The lowest BCUT2D eigenvalue weighted by molar-refractivity contribution is -0.139. The first-order chi connectivity index (χ1) is 9.56. The fourth-order valence-electron chi connectivity index (χ4n) is 1.77. The molecule has 2 heterocycles. The van der Waals surface area contributed by atoms with E-state index >= 15 is 0 Å². The number of nitrogens with one attached hydrogen (secondary N) is 2. The van der Waals surface area contributed by atoms with Gasteiger partial charge in [0.15, 0.2) is 5.15 Å². The molecule has 2 amide bonds. The van der Waals surface area contributed by atoms with Crippen LogP contribution in [0.3, 0.4) is 0 Å². The molecule has 0 bridgehead atoms. The molecular weight excluding hydrogens is 282 g/mol. The molecule has 2 rings (SSSR count). The number of nitrogens with zero attached hydrogens (tertiary/aromatic N) is 3. The number of hydrogen-bond donors (Lipinski definition) is 2. The summed E-state index contributed by atoms with van der Waals surface area (Å²) in [6.07, 6.45) is 1.50. The number of carbonyl (C=O) groups excluding carboxylic acids is 2. The highest BCUT2D eigenvalue weighted by molar-refractivity contribution is 6.41. The van der Waals surface area contributed by atoms with Gasteiger partial charge in [0.2, 0.25) is 0 Å². The lowest BCUT2D eigenvalue weighted by Crippen LogP contribution is -2.54. The van der Waals surface area contributed by atoms with Crippen molar-refractivity contribution in [2.75, 3.05) is 38.5 Å². The Bertz CT molecular complexity index is 502. The molecule has 0 radical (unpaired) electrons. The highest BCUT2D eigenvalue weighted by atomic mass is 35.5. The Labute approximate surface area is 121 Å². The van der Waals surface area contributed by atoms with Gasteiger partial charge in [-0.25, -0.2) is 9.99 Å². The number of aromatic nitrogens is 1. The van der Waals surface area contributed by atoms with Gasteiger partial charge in [-0.2, -0.15) is 0 Å². The topological polar surface area (TPSA) is 77.6 Å². The van der Waals surface area contributed by atoms with Crippen LogP contribution in [0.15, 0.2) is 18.3 Å². The number of halogens is 1. The van der Waals surface area contributed by atoms with Gasteiger partial charge in [0.25, 0.3) is 0 Å². The first-order valence-corrected chi connectivity index (χ1v) is 6.60. The molecular formula is C12H16ClN5O2. The zero-order valence-corrected chi connectivity index (χ0v) is 11.9. The van der Waals surface area contributed by atoms with Gasteiger partial charge in [-0.1, -0.05) is 11.6 Å². The van der Waals surface area contributed by atoms with Crippen molar-refractivity contribution in [2.24, 2.45) is 0 Å². The summed E-state index contributed by atoms with van der Waals surface area (Å²) in [7, 11) is 2.01. The van der Waals surface area contributed by atoms with E-state index in [1.807, 2.05) is 7.05 Å². The maximum absolute atomic E-state index is 11.8. The number of pyridine rings is 1. The van der Waals surface area contributed by atoms with Crippen molar-refractivity contribution in [3.8, 4) is 0 Å². The molecule has 1 aromatic rings. The molecule has 0 aromatic carbocycles. The molecule has 1 aliphatic rings. The molecule has 0 spiro atoms. The van der Waals surface area contributed by atoms with Crippen LogP contribution in [-0.4, -0.2) is 59.9 Å². The number of rotatable bonds is 2. The normalized spacial score (nSPS) is 16.7. The second-order valence-corrected chi connectivity index (χ2v) is 4.89. The second kappa shape index (κ2) is 6.65. The summed E-state index contributed by atoms with van der Waals surface area (Å²) in [6.45, 7) is 3.05. The number of carbonyl (C=O) groups is 2. The van der Waals surface area contributed by atoms with E-state index in [0.717, 1.165) is 13.1 Å². The number of likely N-dealkylation sites (N-methyl/N-ethyl adjacent to an activating group) is 1. The fourth-order valence-corrected chi connectivity index (χ4v) is 1.94. The van der Waals surface area contributed by atoms with E-state index < -0.39 is 11.8 Å². The minimum absolute atomic E-state index is 0.147. The lowest BCUT2D eigenvalue weighted by Gasteiger charge is -2.32. The van der Waals surface area contributed by atoms with Crippen LogP contribution in [-0.2, 0) is 9.59 Å². The molecule has 0 aliphatic carbocycles. The first-order valence-electron chi connectivity index (χ1n) is 6.22. The van der Waals surface area contributed by atoms with E-state index in [2.05, 4.69) is 20.6 Å². The number of hydrogen-bond acceptors (Lipinski definition) is 5. The maximum Gasteiger partial charge on any atom is 0.323 e. The molecule has 0 unspecified atom stereocenters. The number of piperazine rings is 1. The quantitative estimate of drug-likeness (QED) is 0.591. The van der Waals surface area contributed by atoms with Crippen molar-refractivity contribution in [1.29, 1.82) is 0 Å². The minimum Gasteiger partial charge on any atom is -0.315 e. The van der Waals surface area contributed by atoms with Crippen molar-refractivity contribution >= 4 is 29.1 Å². The lowest BCUT2D eigenvalue weighted by atomic mass is 10.4. The number of hydrazine groups is 1. The van der Waals surface area contributed by atoms with Crippen molar-refractivity contribution in [2.45, 2.75) is 0 Å². The van der Waals surface area contributed by atoms with Gasteiger partial charge in [0, 0.05) is 32.4 Å². The molecule has 1 saturated heterocycles. The van der Waals surface area contributed by atoms with Crippen LogP contribution in [0.1, 0.15) is 0 Å². The molecule has 7 nitrogen and oxygen atoms in total. The smallest absolute Gasteiger partial charge is 0.315 e. The summed E-state index contributed by atoms with van der Waals surface area (Å²) in [5, 5.41) is 4.30. The third-order valence-electron chi connectivity index (χ3n) is 2.98. The minimum atomic E-state index is -0.765.